The van der Waals surface area contributed by atoms with Crippen molar-refractivity contribution in [2.75, 3.05) is 5.32 Å². The van der Waals surface area contributed by atoms with Gasteiger partial charge in [-0.05, 0) is 62.9 Å². The fourth-order valence-corrected chi connectivity index (χ4v) is 3.51. The first-order valence-corrected chi connectivity index (χ1v) is 9.46. The second-order valence-corrected chi connectivity index (χ2v) is 8.18. The smallest absolute Gasteiger partial charge is 0.205 e. The second-order valence-electron chi connectivity index (χ2n) is 7.10. The quantitative estimate of drug-likeness (QED) is 0.527. The highest BCUT2D eigenvalue weighted by molar-refractivity contribution is 7.16. The molecule has 0 amide bonds. The Balaban J connectivity index is 1.74. The number of fused-ring (bicyclic) bond motifs is 1. The van der Waals surface area contributed by atoms with Gasteiger partial charge in [0.25, 0.3) is 0 Å². The van der Waals surface area contributed by atoms with E-state index in [4.69, 9.17) is 4.98 Å². The number of nitrogens with one attached hydrogen (secondary N) is 1. The third kappa shape index (κ3) is 3.83. The summed E-state index contributed by atoms with van der Waals surface area (Å²) in [6.45, 7) is 6.43. The van der Waals surface area contributed by atoms with E-state index < -0.39 is 0 Å². The third-order valence-electron chi connectivity index (χ3n) is 3.73. The molecule has 0 aliphatic carbocycles. The molecule has 4 aromatic rings. The third-order valence-corrected chi connectivity index (χ3v) is 4.73. The standard InChI is InChI=1S/C21H19N5S/c1-21(2,3)25-20-19(24-18-7-4-5-14-26(18)20)16-10-8-15(27-16)9-11-17-22-12-6-13-23-17/h4-8,10,12-14,25H,1-3H3. The maximum Gasteiger partial charge on any atom is 0.205 e. The summed E-state index contributed by atoms with van der Waals surface area (Å²) in [6, 6.07) is 11.9. The van der Waals surface area contributed by atoms with E-state index in [1.165, 1.54) is 0 Å². The van der Waals surface area contributed by atoms with Crippen LogP contribution in [0.25, 0.3) is 16.2 Å². The zero-order valence-electron chi connectivity index (χ0n) is 15.4. The van der Waals surface area contributed by atoms with Crippen LogP contribution in [0.1, 0.15) is 31.5 Å². The van der Waals surface area contributed by atoms with E-state index in [9.17, 15) is 0 Å². The largest absolute Gasteiger partial charge is 0.365 e. The first kappa shape index (κ1) is 17.3. The Hall–Kier alpha value is -3.17. The zero-order valence-corrected chi connectivity index (χ0v) is 16.2. The monoisotopic (exact) mass is 373 g/mol. The fraction of sp³-hybridized carbons (Fsp3) is 0.190. The van der Waals surface area contributed by atoms with Gasteiger partial charge in [0.15, 0.2) is 0 Å². The lowest BCUT2D eigenvalue weighted by Crippen LogP contribution is -2.27. The minimum absolute atomic E-state index is 0.0783. The van der Waals surface area contributed by atoms with E-state index in [0.29, 0.717) is 5.82 Å². The first-order valence-electron chi connectivity index (χ1n) is 8.64. The molecule has 4 aromatic heterocycles. The highest BCUT2D eigenvalue weighted by Crippen LogP contribution is 2.34. The number of nitrogens with zero attached hydrogens (tertiary/aromatic N) is 4. The number of pyridine rings is 1. The van der Waals surface area contributed by atoms with Crippen LogP contribution < -0.4 is 5.32 Å². The predicted octanol–water partition coefficient (Wildman–Crippen LogP) is 4.46. The number of thiophene rings is 1. The van der Waals surface area contributed by atoms with Gasteiger partial charge in [-0.25, -0.2) is 15.0 Å². The molecule has 5 nitrogen and oxygen atoms in total. The van der Waals surface area contributed by atoms with Gasteiger partial charge in [0.1, 0.15) is 17.2 Å². The summed E-state index contributed by atoms with van der Waals surface area (Å²) in [7, 11) is 0. The normalized spacial score (nSPS) is 11.2. The van der Waals surface area contributed by atoms with Gasteiger partial charge in [-0.2, -0.15) is 0 Å². The van der Waals surface area contributed by atoms with E-state index in [1.54, 1.807) is 29.8 Å². The van der Waals surface area contributed by atoms with Crippen molar-refractivity contribution in [3.05, 3.63) is 65.7 Å². The van der Waals surface area contributed by atoms with Crippen molar-refractivity contribution in [2.24, 2.45) is 0 Å². The summed E-state index contributed by atoms with van der Waals surface area (Å²) in [5, 5.41) is 3.59. The van der Waals surface area contributed by atoms with Crippen molar-refractivity contribution in [3.63, 3.8) is 0 Å². The molecule has 0 saturated carbocycles. The molecule has 0 aliphatic heterocycles. The Morgan fingerprint density at radius 2 is 1.81 bits per heavy atom. The van der Waals surface area contributed by atoms with Crippen molar-refractivity contribution in [1.82, 2.24) is 19.4 Å². The van der Waals surface area contributed by atoms with Crippen molar-refractivity contribution in [3.8, 4) is 22.4 Å². The molecule has 0 unspecified atom stereocenters. The molecule has 0 spiro atoms. The van der Waals surface area contributed by atoms with Crippen molar-refractivity contribution in [2.45, 2.75) is 26.3 Å². The molecule has 0 aromatic carbocycles. The molecular formula is C21H19N5S. The van der Waals surface area contributed by atoms with Crippen molar-refractivity contribution in [1.29, 1.82) is 0 Å². The molecule has 134 valence electrons. The molecule has 0 saturated heterocycles. The molecule has 0 radical (unpaired) electrons. The van der Waals surface area contributed by atoms with Gasteiger partial charge in [0.05, 0.1) is 9.75 Å². The minimum Gasteiger partial charge on any atom is -0.365 e. The number of aromatic nitrogens is 4. The first-order chi connectivity index (χ1) is 13.0. The van der Waals surface area contributed by atoms with Crippen LogP contribution in [0.3, 0.4) is 0 Å². The maximum absolute atomic E-state index is 4.84. The minimum atomic E-state index is -0.0783. The second kappa shape index (κ2) is 6.86. The highest BCUT2D eigenvalue weighted by atomic mass is 32.1. The van der Waals surface area contributed by atoms with E-state index in [2.05, 4.69) is 58.4 Å². The van der Waals surface area contributed by atoms with E-state index in [0.717, 1.165) is 26.9 Å². The van der Waals surface area contributed by atoms with Gasteiger partial charge in [-0.15, -0.1) is 11.3 Å². The number of imidazole rings is 1. The Morgan fingerprint density at radius 1 is 1.00 bits per heavy atom. The SMILES string of the molecule is CC(C)(C)Nc1c(-c2ccc(C#Cc3ncccn3)s2)nc2ccccn12. The Labute approximate surface area is 162 Å². The molecule has 1 N–H and O–H groups in total. The van der Waals surface area contributed by atoms with Crippen LogP contribution in [0.15, 0.2) is 55.0 Å². The molecule has 0 atom stereocenters. The van der Waals surface area contributed by atoms with Gasteiger partial charge in [-0.3, -0.25) is 4.40 Å². The summed E-state index contributed by atoms with van der Waals surface area (Å²) in [5.74, 6) is 7.66. The van der Waals surface area contributed by atoms with Gasteiger partial charge < -0.3 is 5.32 Å². The van der Waals surface area contributed by atoms with Crippen LogP contribution >= 0.6 is 11.3 Å². The highest BCUT2D eigenvalue weighted by Gasteiger charge is 2.20. The maximum atomic E-state index is 4.84. The molecule has 0 fully saturated rings. The summed E-state index contributed by atoms with van der Waals surface area (Å²) in [5.41, 5.74) is 1.77. The van der Waals surface area contributed by atoms with E-state index in [-0.39, 0.29) is 5.54 Å². The molecule has 6 heteroatoms. The number of rotatable bonds is 2. The molecular weight excluding hydrogens is 354 g/mol. The lowest BCUT2D eigenvalue weighted by Gasteiger charge is -2.22. The van der Waals surface area contributed by atoms with Crippen LogP contribution in [0, 0.1) is 11.8 Å². The van der Waals surface area contributed by atoms with E-state index in [1.807, 2.05) is 30.5 Å². The molecule has 27 heavy (non-hydrogen) atoms. The van der Waals surface area contributed by atoms with Crippen LogP contribution in [0.5, 0.6) is 0 Å². The lowest BCUT2D eigenvalue weighted by atomic mass is 10.1. The molecule has 4 heterocycles. The van der Waals surface area contributed by atoms with Gasteiger partial charge in [-0.1, -0.05) is 6.07 Å². The number of hydrogen-bond acceptors (Lipinski definition) is 5. The van der Waals surface area contributed by atoms with Crippen LogP contribution in [0.2, 0.25) is 0 Å². The Kier molecular flexibility index (Phi) is 4.38. The zero-order chi connectivity index (χ0) is 18.9. The average Bonchev–Trinajstić information content (AvgIpc) is 3.25. The van der Waals surface area contributed by atoms with Crippen LogP contribution in [0.4, 0.5) is 5.82 Å². The summed E-state index contributed by atoms with van der Waals surface area (Å²) >= 11 is 1.62. The van der Waals surface area contributed by atoms with Crippen LogP contribution in [-0.2, 0) is 0 Å². The molecule has 0 aliphatic rings. The van der Waals surface area contributed by atoms with Gasteiger partial charge in [0.2, 0.25) is 5.82 Å². The molecule has 0 bridgehead atoms. The predicted molar refractivity (Wildman–Crippen MR) is 110 cm³/mol. The number of hydrogen-bond donors (Lipinski definition) is 1. The van der Waals surface area contributed by atoms with Gasteiger partial charge >= 0.3 is 0 Å². The molecule has 4 rings (SSSR count). The number of anilines is 1. The van der Waals surface area contributed by atoms with Crippen LogP contribution in [-0.4, -0.2) is 24.9 Å². The lowest BCUT2D eigenvalue weighted by molar-refractivity contribution is 0.630. The van der Waals surface area contributed by atoms with Crippen molar-refractivity contribution < 1.29 is 0 Å². The Morgan fingerprint density at radius 3 is 2.59 bits per heavy atom. The van der Waals surface area contributed by atoms with Gasteiger partial charge in [0, 0.05) is 24.1 Å². The van der Waals surface area contributed by atoms with E-state index >= 15 is 0 Å². The average molecular weight is 373 g/mol. The summed E-state index contributed by atoms with van der Waals surface area (Å²) in [4.78, 5) is 15.1. The fourth-order valence-electron chi connectivity index (χ4n) is 2.66. The van der Waals surface area contributed by atoms with Crippen molar-refractivity contribution >= 4 is 22.8 Å². The summed E-state index contributed by atoms with van der Waals surface area (Å²) in [6.07, 6.45) is 5.41. The summed E-state index contributed by atoms with van der Waals surface area (Å²) < 4.78 is 2.09. The topological polar surface area (TPSA) is 55.1 Å². The Bertz CT molecular complexity index is 1140.